The molecule has 4 nitrogen and oxygen atoms in total. The number of rotatable bonds is 39. The molecule has 0 aromatic carbocycles. The highest BCUT2D eigenvalue weighted by molar-refractivity contribution is 4.93. The van der Waals surface area contributed by atoms with Crippen LogP contribution in [0.3, 0.4) is 0 Å². The van der Waals surface area contributed by atoms with Crippen molar-refractivity contribution in [3.63, 3.8) is 0 Å². The lowest BCUT2D eigenvalue weighted by Crippen LogP contribution is -2.26. The molecule has 0 aromatic heterocycles. The van der Waals surface area contributed by atoms with Crippen LogP contribution in [0.15, 0.2) is 48.6 Å². The van der Waals surface area contributed by atoms with Gasteiger partial charge in [-0.25, -0.2) is 0 Å². The summed E-state index contributed by atoms with van der Waals surface area (Å²) in [6.45, 7) is 9.82. The van der Waals surface area contributed by atoms with Gasteiger partial charge in [-0.3, -0.25) is 0 Å². The van der Waals surface area contributed by atoms with Crippen LogP contribution in [0.4, 0.5) is 0 Å². The van der Waals surface area contributed by atoms with E-state index in [4.69, 9.17) is 14.2 Å². The number of ether oxygens (including phenoxy) is 3. The van der Waals surface area contributed by atoms with Crippen molar-refractivity contribution in [2.24, 2.45) is 0 Å². The minimum Gasteiger partial charge on any atom is -0.381 e. The van der Waals surface area contributed by atoms with Crippen molar-refractivity contribution in [2.45, 2.75) is 206 Å². The summed E-state index contributed by atoms with van der Waals surface area (Å²) in [4.78, 5) is 2.49. The van der Waals surface area contributed by atoms with Crippen LogP contribution < -0.4 is 0 Å². The van der Waals surface area contributed by atoms with Crippen LogP contribution in [0, 0.1) is 0 Å². The van der Waals surface area contributed by atoms with Gasteiger partial charge < -0.3 is 19.1 Å². The molecule has 1 rings (SSSR count). The Morgan fingerprint density at radius 1 is 0.529 bits per heavy atom. The number of hydrogen-bond acceptors (Lipinski definition) is 4. The number of hydrogen-bond donors (Lipinski definition) is 0. The molecule has 1 saturated heterocycles. The van der Waals surface area contributed by atoms with Gasteiger partial charge in [-0.15, -0.1) is 0 Å². The van der Waals surface area contributed by atoms with Crippen LogP contribution in [0.2, 0.25) is 0 Å². The van der Waals surface area contributed by atoms with Gasteiger partial charge in [0.25, 0.3) is 0 Å². The number of unbranched alkanes of at least 4 members (excludes halogenated alkanes) is 18. The third-order valence-electron chi connectivity index (χ3n) is 10.3. The van der Waals surface area contributed by atoms with Gasteiger partial charge in [0.2, 0.25) is 0 Å². The maximum absolute atomic E-state index is 6.35. The minimum absolute atomic E-state index is 0.154. The summed E-state index contributed by atoms with van der Waals surface area (Å²) < 4.78 is 18.6. The number of nitrogens with zero attached hydrogens (tertiary/aromatic N) is 1. The molecule has 0 bridgehead atoms. The molecule has 2 atom stereocenters. The Hall–Kier alpha value is -1.20. The summed E-state index contributed by atoms with van der Waals surface area (Å²) in [7, 11) is 2.25. The third-order valence-corrected chi connectivity index (χ3v) is 10.3. The molecule has 2 unspecified atom stereocenters. The van der Waals surface area contributed by atoms with Gasteiger partial charge in [0.05, 0.1) is 12.7 Å². The molecular formula is C47H87NO3. The highest BCUT2D eigenvalue weighted by atomic mass is 16.5. The summed E-state index contributed by atoms with van der Waals surface area (Å²) >= 11 is 0. The van der Waals surface area contributed by atoms with Crippen molar-refractivity contribution in [1.82, 2.24) is 4.90 Å². The molecule has 0 saturated carbocycles. The fraction of sp³-hybridized carbons (Fsp3) is 0.830. The first-order valence-electron chi connectivity index (χ1n) is 22.3. The molecule has 1 fully saturated rings. The lowest BCUT2D eigenvalue weighted by molar-refractivity contribution is -0.0355. The molecule has 0 N–H and O–H groups in total. The van der Waals surface area contributed by atoms with Gasteiger partial charge in [-0.2, -0.15) is 0 Å². The van der Waals surface area contributed by atoms with Crippen LogP contribution in [-0.4, -0.2) is 63.7 Å². The summed E-state index contributed by atoms with van der Waals surface area (Å²) in [6, 6.07) is 0.707. The van der Waals surface area contributed by atoms with Gasteiger partial charge >= 0.3 is 0 Å². The maximum Gasteiger partial charge on any atom is 0.0830 e. The average molecular weight is 714 g/mol. The molecule has 0 radical (unpaired) electrons. The lowest BCUT2D eigenvalue weighted by Gasteiger charge is -2.20. The van der Waals surface area contributed by atoms with Gasteiger partial charge in [-0.1, -0.05) is 140 Å². The standard InChI is InChI=1S/C47H87NO3/c1-4-6-8-10-12-14-16-18-20-22-24-26-28-30-32-34-41-50-45-47(39-44-49-43-38-46-37-36-40-48(46)3)51-42-35-33-31-29-27-25-23-21-19-17-15-13-11-9-7-5-2/h12-15,18-21,46-47H,4-11,16-17,22-45H2,1-3H3. The largest absolute Gasteiger partial charge is 0.381 e. The third kappa shape index (κ3) is 34.3. The predicted molar refractivity (Wildman–Crippen MR) is 225 cm³/mol. The second-order valence-electron chi connectivity index (χ2n) is 15.2. The monoisotopic (exact) mass is 714 g/mol. The van der Waals surface area contributed by atoms with Crippen molar-refractivity contribution < 1.29 is 14.2 Å². The van der Waals surface area contributed by atoms with Crippen LogP contribution in [0.25, 0.3) is 0 Å². The lowest BCUT2D eigenvalue weighted by atomic mass is 10.1. The van der Waals surface area contributed by atoms with Crippen LogP contribution >= 0.6 is 0 Å². The maximum atomic E-state index is 6.35. The molecule has 1 aliphatic rings. The molecule has 1 heterocycles. The van der Waals surface area contributed by atoms with E-state index in [0.717, 1.165) is 65.0 Å². The van der Waals surface area contributed by atoms with E-state index in [2.05, 4.69) is 74.4 Å². The highest BCUT2D eigenvalue weighted by Crippen LogP contribution is 2.18. The van der Waals surface area contributed by atoms with Gasteiger partial charge in [0, 0.05) is 32.5 Å². The SMILES string of the molecule is CCCCCC=CCC=CCCCCCCCCOCC(CCOCCC1CCCN1C)OCCCCCCCCC=CCC=CCCCCC. The Kier molecular flexibility index (Phi) is 37.5. The van der Waals surface area contributed by atoms with Crippen molar-refractivity contribution in [1.29, 1.82) is 0 Å². The first kappa shape index (κ1) is 47.8. The quantitative estimate of drug-likeness (QED) is 0.0469. The van der Waals surface area contributed by atoms with E-state index in [1.54, 1.807) is 0 Å². The molecule has 1 aliphatic heterocycles. The molecule has 0 aliphatic carbocycles. The van der Waals surface area contributed by atoms with E-state index < -0.39 is 0 Å². The Balaban J connectivity index is 2.09. The van der Waals surface area contributed by atoms with E-state index >= 15 is 0 Å². The Morgan fingerprint density at radius 2 is 1.02 bits per heavy atom. The molecule has 4 heteroatoms. The Bertz CT molecular complexity index is 805. The van der Waals surface area contributed by atoms with E-state index in [1.165, 1.54) is 148 Å². The molecule has 51 heavy (non-hydrogen) atoms. The highest BCUT2D eigenvalue weighted by Gasteiger charge is 2.20. The van der Waals surface area contributed by atoms with Gasteiger partial charge in [0.1, 0.15) is 0 Å². The first-order valence-corrected chi connectivity index (χ1v) is 22.3. The fourth-order valence-corrected chi connectivity index (χ4v) is 6.84. The fourth-order valence-electron chi connectivity index (χ4n) is 6.84. The molecule has 0 spiro atoms. The second kappa shape index (κ2) is 40.0. The topological polar surface area (TPSA) is 30.9 Å². The minimum atomic E-state index is 0.154. The predicted octanol–water partition coefficient (Wildman–Crippen LogP) is 13.9. The molecule has 0 aromatic rings. The number of allylic oxidation sites excluding steroid dienone is 8. The summed E-state index contributed by atoms with van der Waals surface area (Å²) in [6.07, 6.45) is 54.3. The van der Waals surface area contributed by atoms with Gasteiger partial charge in [0.15, 0.2) is 0 Å². The van der Waals surface area contributed by atoms with Crippen molar-refractivity contribution >= 4 is 0 Å². The van der Waals surface area contributed by atoms with E-state index in [0.29, 0.717) is 12.6 Å². The van der Waals surface area contributed by atoms with E-state index in [-0.39, 0.29) is 6.10 Å². The summed E-state index contributed by atoms with van der Waals surface area (Å²) in [5, 5.41) is 0. The zero-order chi connectivity index (χ0) is 36.6. The average Bonchev–Trinajstić information content (AvgIpc) is 3.55. The first-order chi connectivity index (χ1) is 25.3. The van der Waals surface area contributed by atoms with Crippen LogP contribution in [0.1, 0.15) is 194 Å². The van der Waals surface area contributed by atoms with Crippen LogP contribution in [-0.2, 0) is 14.2 Å². The van der Waals surface area contributed by atoms with E-state index in [9.17, 15) is 0 Å². The van der Waals surface area contributed by atoms with Crippen molar-refractivity contribution in [3.8, 4) is 0 Å². The summed E-state index contributed by atoms with van der Waals surface area (Å²) in [5.74, 6) is 0. The van der Waals surface area contributed by atoms with E-state index in [1.807, 2.05) is 0 Å². The molecule has 0 amide bonds. The zero-order valence-corrected chi connectivity index (χ0v) is 34.5. The molecule has 298 valence electrons. The Labute approximate surface area is 319 Å². The van der Waals surface area contributed by atoms with Crippen LogP contribution in [0.5, 0.6) is 0 Å². The second-order valence-corrected chi connectivity index (χ2v) is 15.2. The normalized spacial score (nSPS) is 16.3. The summed E-state index contributed by atoms with van der Waals surface area (Å²) in [5.41, 5.74) is 0. The van der Waals surface area contributed by atoms with Crippen molar-refractivity contribution in [3.05, 3.63) is 48.6 Å². The Morgan fingerprint density at radius 3 is 1.53 bits per heavy atom. The molecular weight excluding hydrogens is 627 g/mol. The number of likely N-dealkylation sites (tertiary alicyclic amines) is 1. The zero-order valence-electron chi connectivity index (χ0n) is 34.5. The van der Waals surface area contributed by atoms with Crippen molar-refractivity contribution in [2.75, 3.05) is 46.6 Å². The smallest absolute Gasteiger partial charge is 0.0830 e. The van der Waals surface area contributed by atoms with Gasteiger partial charge in [-0.05, 0) is 116 Å².